The van der Waals surface area contributed by atoms with Crippen molar-refractivity contribution in [2.45, 2.75) is 46.6 Å². The molecule has 0 saturated heterocycles. The standard InChI is InChI=1S/C28H27ClN4OS/c1-16(2)26(34)20-12-9-19(10-13-20)11-14-21-15-23-25(22-7-5-6-8-24(22)29)30-17(3)27-32-31-18(4)33(27)28(23)35-21/h5-10,12-13,15-17H,11,14H2,1-4H3. The molecule has 1 aliphatic rings. The van der Waals surface area contributed by atoms with E-state index in [1.807, 2.05) is 64.1 Å². The van der Waals surface area contributed by atoms with Gasteiger partial charge in [-0.25, -0.2) is 0 Å². The van der Waals surface area contributed by atoms with E-state index in [0.29, 0.717) is 5.02 Å². The average Bonchev–Trinajstić information content (AvgIpc) is 3.41. The summed E-state index contributed by atoms with van der Waals surface area (Å²) in [4.78, 5) is 18.6. The fraction of sp³-hybridized carbons (Fsp3) is 0.286. The van der Waals surface area contributed by atoms with E-state index in [0.717, 1.165) is 51.9 Å². The molecule has 0 fully saturated rings. The van der Waals surface area contributed by atoms with Crippen molar-refractivity contribution in [2.75, 3.05) is 0 Å². The highest BCUT2D eigenvalue weighted by atomic mass is 35.5. The number of Topliss-reactive ketones (excluding diaryl/α,β-unsaturated/α-hetero) is 1. The maximum Gasteiger partial charge on any atom is 0.165 e. The summed E-state index contributed by atoms with van der Waals surface area (Å²) in [5, 5.41) is 10.5. The van der Waals surface area contributed by atoms with Gasteiger partial charge in [0.2, 0.25) is 0 Å². The first-order valence-corrected chi connectivity index (χ1v) is 13.0. The first-order valence-electron chi connectivity index (χ1n) is 11.8. The molecule has 0 aliphatic carbocycles. The molecule has 5 rings (SSSR count). The summed E-state index contributed by atoms with van der Waals surface area (Å²) in [6.07, 6.45) is 1.77. The van der Waals surface area contributed by atoms with Crippen LogP contribution in [-0.4, -0.2) is 26.3 Å². The molecule has 178 valence electrons. The van der Waals surface area contributed by atoms with Gasteiger partial charge < -0.3 is 0 Å². The Morgan fingerprint density at radius 2 is 1.80 bits per heavy atom. The second-order valence-electron chi connectivity index (χ2n) is 9.22. The lowest BCUT2D eigenvalue weighted by Gasteiger charge is -2.09. The molecule has 0 spiro atoms. The van der Waals surface area contributed by atoms with Crippen molar-refractivity contribution in [1.82, 2.24) is 14.8 Å². The van der Waals surface area contributed by atoms with Crippen molar-refractivity contribution in [3.63, 3.8) is 0 Å². The molecule has 35 heavy (non-hydrogen) atoms. The normalized spacial score (nSPS) is 14.9. The van der Waals surface area contributed by atoms with E-state index in [-0.39, 0.29) is 17.7 Å². The minimum atomic E-state index is -0.141. The monoisotopic (exact) mass is 502 g/mol. The molecule has 0 saturated carbocycles. The SMILES string of the molecule is Cc1nnc2n1-c1sc(CCc3ccc(C(=O)C(C)C)cc3)cc1C(c1ccccc1Cl)=NC2C. The molecule has 1 unspecified atom stereocenters. The van der Waals surface area contributed by atoms with Crippen molar-refractivity contribution in [3.05, 3.63) is 98.4 Å². The Labute approximate surface area is 214 Å². The van der Waals surface area contributed by atoms with Crippen LogP contribution in [0.5, 0.6) is 0 Å². The van der Waals surface area contributed by atoms with E-state index < -0.39 is 0 Å². The second-order valence-corrected chi connectivity index (χ2v) is 10.7. The van der Waals surface area contributed by atoms with E-state index in [1.54, 1.807) is 11.3 Å². The molecule has 2 aromatic carbocycles. The summed E-state index contributed by atoms with van der Waals surface area (Å²) in [7, 11) is 0. The minimum absolute atomic E-state index is 0.00470. The molecule has 0 bridgehead atoms. The molecule has 1 atom stereocenters. The number of thiophene rings is 1. The fourth-order valence-electron chi connectivity index (χ4n) is 4.42. The van der Waals surface area contributed by atoms with Crippen LogP contribution in [0, 0.1) is 12.8 Å². The highest BCUT2D eigenvalue weighted by Crippen LogP contribution is 2.37. The number of aryl methyl sites for hydroxylation is 3. The Bertz CT molecular complexity index is 1430. The summed E-state index contributed by atoms with van der Waals surface area (Å²) >= 11 is 8.36. The number of nitrogens with zero attached hydrogens (tertiary/aromatic N) is 4. The third-order valence-electron chi connectivity index (χ3n) is 6.32. The number of halogens is 1. The lowest BCUT2D eigenvalue weighted by molar-refractivity contribution is 0.0939. The number of ketones is 1. The van der Waals surface area contributed by atoms with E-state index in [2.05, 4.69) is 33.0 Å². The van der Waals surface area contributed by atoms with Crippen LogP contribution in [0.15, 0.2) is 59.6 Å². The predicted molar refractivity (Wildman–Crippen MR) is 142 cm³/mol. The number of hydrogen-bond donors (Lipinski definition) is 0. The van der Waals surface area contributed by atoms with Crippen LogP contribution >= 0.6 is 22.9 Å². The van der Waals surface area contributed by atoms with Crippen molar-refractivity contribution >= 4 is 34.4 Å². The number of benzene rings is 2. The second kappa shape index (κ2) is 9.51. The molecule has 3 heterocycles. The van der Waals surface area contributed by atoms with Gasteiger partial charge in [-0.15, -0.1) is 21.5 Å². The van der Waals surface area contributed by atoms with Crippen LogP contribution in [0.25, 0.3) is 5.00 Å². The Hall–Kier alpha value is -3.09. The number of hydrogen-bond acceptors (Lipinski definition) is 5. The number of rotatable bonds is 6. The number of aromatic nitrogens is 3. The Balaban J connectivity index is 1.49. The smallest absolute Gasteiger partial charge is 0.165 e. The van der Waals surface area contributed by atoms with Gasteiger partial charge in [0.1, 0.15) is 16.9 Å². The number of carbonyl (C=O) groups is 1. The summed E-state index contributed by atoms with van der Waals surface area (Å²) in [5.74, 6) is 1.87. The van der Waals surface area contributed by atoms with Crippen molar-refractivity contribution in [1.29, 1.82) is 0 Å². The van der Waals surface area contributed by atoms with Gasteiger partial charge in [0.15, 0.2) is 11.6 Å². The first kappa shape index (κ1) is 23.6. The van der Waals surface area contributed by atoms with Gasteiger partial charge in [0, 0.05) is 32.5 Å². The minimum Gasteiger partial charge on any atom is -0.294 e. The average molecular weight is 503 g/mol. The van der Waals surface area contributed by atoms with E-state index in [9.17, 15) is 4.79 Å². The fourth-order valence-corrected chi connectivity index (χ4v) is 5.85. The zero-order valence-electron chi connectivity index (χ0n) is 20.2. The van der Waals surface area contributed by atoms with E-state index in [4.69, 9.17) is 16.6 Å². The molecule has 1 aliphatic heterocycles. The van der Waals surface area contributed by atoms with Gasteiger partial charge in [-0.3, -0.25) is 14.4 Å². The molecule has 0 N–H and O–H groups in total. The molecular formula is C28H27ClN4OS. The number of aliphatic imine (C=N–C) groups is 1. The Morgan fingerprint density at radius 3 is 2.51 bits per heavy atom. The Morgan fingerprint density at radius 1 is 1.06 bits per heavy atom. The summed E-state index contributed by atoms with van der Waals surface area (Å²) in [6.45, 7) is 7.89. The molecular weight excluding hydrogens is 476 g/mol. The van der Waals surface area contributed by atoms with Gasteiger partial charge in [0.05, 0.1) is 5.71 Å². The topological polar surface area (TPSA) is 60.1 Å². The van der Waals surface area contributed by atoms with Crippen molar-refractivity contribution in [2.24, 2.45) is 10.9 Å². The van der Waals surface area contributed by atoms with Crippen LogP contribution in [0.3, 0.4) is 0 Å². The molecule has 7 heteroatoms. The first-order chi connectivity index (χ1) is 16.8. The van der Waals surface area contributed by atoms with Crippen LogP contribution in [0.4, 0.5) is 0 Å². The maximum atomic E-state index is 12.2. The summed E-state index contributed by atoms with van der Waals surface area (Å²) in [5.41, 5.74) is 4.86. The zero-order chi connectivity index (χ0) is 24.7. The molecule has 0 radical (unpaired) electrons. The number of carbonyl (C=O) groups excluding carboxylic acids is 1. The lowest BCUT2D eigenvalue weighted by Crippen LogP contribution is -2.07. The maximum absolute atomic E-state index is 12.2. The summed E-state index contributed by atoms with van der Waals surface area (Å²) < 4.78 is 2.13. The third kappa shape index (κ3) is 4.48. The largest absolute Gasteiger partial charge is 0.294 e. The third-order valence-corrected chi connectivity index (χ3v) is 7.83. The Kier molecular flexibility index (Phi) is 6.43. The van der Waals surface area contributed by atoms with Gasteiger partial charge in [-0.2, -0.15) is 0 Å². The summed E-state index contributed by atoms with van der Waals surface area (Å²) in [6, 6.07) is 18.0. The van der Waals surface area contributed by atoms with Crippen LogP contribution < -0.4 is 0 Å². The molecule has 2 aromatic heterocycles. The number of fused-ring (bicyclic) bond motifs is 3. The highest BCUT2D eigenvalue weighted by Gasteiger charge is 2.28. The van der Waals surface area contributed by atoms with E-state index in [1.165, 1.54) is 10.4 Å². The molecule has 4 aromatic rings. The van der Waals surface area contributed by atoms with E-state index >= 15 is 0 Å². The van der Waals surface area contributed by atoms with Crippen molar-refractivity contribution < 1.29 is 4.79 Å². The highest BCUT2D eigenvalue weighted by molar-refractivity contribution is 7.15. The van der Waals surface area contributed by atoms with Gasteiger partial charge in [-0.05, 0) is 44.4 Å². The molecule has 5 nitrogen and oxygen atoms in total. The van der Waals surface area contributed by atoms with Crippen LogP contribution in [-0.2, 0) is 12.8 Å². The van der Waals surface area contributed by atoms with Gasteiger partial charge >= 0.3 is 0 Å². The predicted octanol–water partition coefficient (Wildman–Crippen LogP) is 6.83. The van der Waals surface area contributed by atoms with Crippen molar-refractivity contribution in [3.8, 4) is 5.00 Å². The van der Waals surface area contributed by atoms with Crippen LogP contribution in [0.2, 0.25) is 5.02 Å². The van der Waals surface area contributed by atoms with Gasteiger partial charge in [-0.1, -0.05) is 67.9 Å². The molecule has 0 amide bonds. The zero-order valence-corrected chi connectivity index (χ0v) is 21.8. The quantitative estimate of drug-likeness (QED) is 0.271. The van der Waals surface area contributed by atoms with Gasteiger partial charge in [0.25, 0.3) is 0 Å². The lowest BCUT2D eigenvalue weighted by atomic mass is 9.98. The van der Waals surface area contributed by atoms with Crippen LogP contribution in [0.1, 0.15) is 70.4 Å².